The highest BCUT2D eigenvalue weighted by Crippen LogP contribution is 2.36. The molecule has 1 amide bonds. The number of hydrogen-bond acceptors (Lipinski definition) is 4. The third-order valence-electron chi connectivity index (χ3n) is 7.14. The average Bonchev–Trinajstić information content (AvgIpc) is 3.24. The number of alkyl halides is 1. The van der Waals surface area contributed by atoms with E-state index in [1.807, 2.05) is 56.5 Å². The van der Waals surface area contributed by atoms with E-state index >= 15 is 0 Å². The summed E-state index contributed by atoms with van der Waals surface area (Å²) in [6.45, 7) is 17.5. The van der Waals surface area contributed by atoms with E-state index in [4.69, 9.17) is 4.98 Å². The van der Waals surface area contributed by atoms with Crippen LogP contribution >= 0.6 is 8.58 Å². The highest BCUT2D eigenvalue weighted by Gasteiger charge is 2.50. The Balaban J connectivity index is 0.000000437. The number of amides is 1. The van der Waals surface area contributed by atoms with Crippen molar-refractivity contribution >= 4 is 25.5 Å². The van der Waals surface area contributed by atoms with Gasteiger partial charge >= 0.3 is 0 Å². The van der Waals surface area contributed by atoms with Crippen LogP contribution in [0.3, 0.4) is 0 Å². The maximum absolute atomic E-state index is 12.8. The smallest absolute Gasteiger partial charge is 0.247 e. The van der Waals surface area contributed by atoms with Crippen molar-refractivity contribution in [1.29, 1.82) is 0 Å². The molecule has 3 heterocycles. The highest BCUT2D eigenvalue weighted by atomic mass is 31.1. The number of carbonyl (C=O) groups is 1. The minimum Gasteiger partial charge on any atom is -0.339 e. The SMILES string of the molecule is C=C/C=C(C)\C=C/C.CF.CPc1c(C)cnc(CN2CCC3(CC2)C(=O)NCN3c2ccccc2)c1C. The number of para-hydroxylation sites is 1. The zero-order valence-electron chi connectivity index (χ0n) is 23.9. The summed E-state index contributed by atoms with van der Waals surface area (Å²) in [7, 11) is 1.29. The molecule has 2 saturated heterocycles. The Bertz CT molecular complexity index is 1110. The number of aromatic nitrogens is 1. The van der Waals surface area contributed by atoms with E-state index in [0.717, 1.165) is 46.7 Å². The topological polar surface area (TPSA) is 48.5 Å². The van der Waals surface area contributed by atoms with Crippen LogP contribution in [0.4, 0.5) is 10.1 Å². The third kappa shape index (κ3) is 7.61. The van der Waals surface area contributed by atoms with Crippen molar-refractivity contribution in [2.75, 3.05) is 38.5 Å². The molecule has 0 saturated carbocycles. The van der Waals surface area contributed by atoms with E-state index in [-0.39, 0.29) is 5.91 Å². The molecule has 0 bridgehead atoms. The molecular formula is C31H44FN4OP. The van der Waals surface area contributed by atoms with Crippen LogP contribution in [0.15, 0.2) is 73.0 Å². The zero-order valence-corrected chi connectivity index (χ0v) is 24.9. The molecule has 1 N–H and O–H groups in total. The summed E-state index contributed by atoms with van der Waals surface area (Å²) in [5.74, 6) is 0.176. The molecule has 7 heteroatoms. The first-order valence-electron chi connectivity index (χ1n) is 13.1. The maximum atomic E-state index is 12.8. The van der Waals surface area contributed by atoms with Crippen LogP contribution in [0.25, 0.3) is 0 Å². The van der Waals surface area contributed by atoms with Gasteiger partial charge < -0.3 is 10.2 Å². The summed E-state index contributed by atoms with van der Waals surface area (Å²) < 4.78 is 9.50. The number of aryl methyl sites for hydroxylation is 1. The Morgan fingerprint density at radius 1 is 1.21 bits per heavy atom. The lowest BCUT2D eigenvalue weighted by Crippen LogP contribution is -2.56. The summed E-state index contributed by atoms with van der Waals surface area (Å²) in [4.78, 5) is 22.2. The fraction of sp³-hybridized carbons (Fsp3) is 0.419. The lowest BCUT2D eigenvalue weighted by molar-refractivity contribution is -0.125. The number of likely N-dealkylation sites (tertiary alicyclic amines) is 1. The first-order valence-corrected chi connectivity index (χ1v) is 14.6. The molecule has 1 spiro atoms. The number of carbonyl (C=O) groups excluding carboxylic acids is 1. The van der Waals surface area contributed by atoms with Gasteiger partial charge in [0.05, 0.1) is 19.5 Å². The van der Waals surface area contributed by atoms with Gasteiger partial charge in [-0.05, 0) is 75.8 Å². The molecule has 2 aliphatic heterocycles. The summed E-state index contributed by atoms with van der Waals surface area (Å²) in [6, 6.07) is 10.3. The van der Waals surface area contributed by atoms with Gasteiger partial charge in [0.25, 0.3) is 0 Å². The number of rotatable bonds is 6. The number of allylic oxidation sites excluding steroid dienone is 5. The molecule has 38 heavy (non-hydrogen) atoms. The lowest BCUT2D eigenvalue weighted by atomic mass is 9.85. The van der Waals surface area contributed by atoms with Crippen LogP contribution in [0.1, 0.15) is 43.5 Å². The first kappa shape index (κ1) is 31.4. The standard InChI is InChI=1S/C22H29N4OP.C8H12.CH3F/c1-16-13-23-19(17(2)20(16)28-3)14-25-11-9-22(10-12-25)21(27)24-15-26(22)18-7-5-4-6-8-18;1-4-6-8(3)7-5-2;1-2/h4-8,13,28H,9-12,14-15H2,1-3H3,(H,24,27);4-7H,1H2,2-3H3;1H3/b;7-5-,8-6-;. The Morgan fingerprint density at radius 3 is 2.45 bits per heavy atom. The van der Waals surface area contributed by atoms with Crippen molar-refractivity contribution in [3.63, 3.8) is 0 Å². The molecule has 1 aromatic heterocycles. The van der Waals surface area contributed by atoms with Crippen molar-refractivity contribution in [3.8, 4) is 0 Å². The lowest BCUT2D eigenvalue weighted by Gasteiger charge is -2.43. The number of hydrogen-bond donors (Lipinski definition) is 1. The number of benzene rings is 1. The van der Waals surface area contributed by atoms with E-state index in [1.54, 1.807) is 6.08 Å². The number of halogens is 1. The minimum atomic E-state index is -0.413. The number of anilines is 1. The second-order valence-electron chi connectivity index (χ2n) is 9.52. The molecule has 1 aromatic carbocycles. The first-order chi connectivity index (χ1) is 18.4. The summed E-state index contributed by atoms with van der Waals surface area (Å²) in [6.07, 6.45) is 11.5. The van der Waals surface area contributed by atoms with Crippen molar-refractivity contribution in [3.05, 3.63) is 89.8 Å². The molecule has 2 aromatic rings. The number of nitrogens with one attached hydrogen (secondary N) is 1. The Labute approximate surface area is 230 Å². The highest BCUT2D eigenvalue weighted by molar-refractivity contribution is 7.46. The van der Waals surface area contributed by atoms with Crippen LogP contribution < -0.4 is 15.5 Å². The molecular weight excluding hydrogens is 494 g/mol. The second kappa shape index (κ2) is 15.6. The number of pyridine rings is 1. The quantitative estimate of drug-likeness (QED) is 0.371. The van der Waals surface area contributed by atoms with Crippen LogP contribution in [0, 0.1) is 13.8 Å². The predicted octanol–water partition coefficient (Wildman–Crippen LogP) is 5.84. The number of nitrogens with zero attached hydrogens (tertiary/aromatic N) is 3. The Morgan fingerprint density at radius 2 is 1.87 bits per heavy atom. The molecule has 0 aliphatic carbocycles. The van der Waals surface area contributed by atoms with Gasteiger partial charge in [-0.2, -0.15) is 0 Å². The van der Waals surface area contributed by atoms with E-state index in [2.05, 4.69) is 54.3 Å². The summed E-state index contributed by atoms with van der Waals surface area (Å²) >= 11 is 0. The van der Waals surface area contributed by atoms with Gasteiger partial charge in [0.1, 0.15) is 5.54 Å². The fourth-order valence-corrected chi connectivity index (χ4v) is 6.13. The minimum absolute atomic E-state index is 0.176. The van der Waals surface area contributed by atoms with Crippen LogP contribution in [0.2, 0.25) is 0 Å². The van der Waals surface area contributed by atoms with Gasteiger partial charge in [-0.3, -0.25) is 19.1 Å². The fourth-order valence-electron chi connectivity index (χ4n) is 5.15. The molecule has 5 nitrogen and oxygen atoms in total. The zero-order chi connectivity index (χ0) is 28.1. The maximum Gasteiger partial charge on any atom is 0.247 e. The van der Waals surface area contributed by atoms with Crippen LogP contribution in [-0.2, 0) is 11.3 Å². The summed E-state index contributed by atoms with van der Waals surface area (Å²) in [5.41, 5.74) is 5.76. The van der Waals surface area contributed by atoms with E-state index in [0.29, 0.717) is 13.8 Å². The molecule has 2 fully saturated rings. The van der Waals surface area contributed by atoms with Gasteiger partial charge in [0.15, 0.2) is 0 Å². The molecule has 4 rings (SSSR count). The van der Waals surface area contributed by atoms with Gasteiger partial charge in [-0.15, -0.1) is 0 Å². The normalized spacial score (nSPS) is 17.3. The Kier molecular flexibility index (Phi) is 12.9. The van der Waals surface area contributed by atoms with Crippen molar-refractivity contribution in [2.45, 2.75) is 52.6 Å². The van der Waals surface area contributed by atoms with Gasteiger partial charge in [0, 0.05) is 31.5 Å². The molecule has 1 atom stereocenters. The Hall–Kier alpha value is -2.82. The van der Waals surface area contributed by atoms with Crippen molar-refractivity contribution < 1.29 is 9.18 Å². The van der Waals surface area contributed by atoms with E-state index in [1.165, 1.54) is 27.7 Å². The summed E-state index contributed by atoms with van der Waals surface area (Å²) in [5, 5.41) is 4.53. The number of piperidine rings is 1. The molecule has 206 valence electrons. The monoisotopic (exact) mass is 538 g/mol. The predicted molar refractivity (Wildman–Crippen MR) is 163 cm³/mol. The molecule has 0 radical (unpaired) electrons. The largest absolute Gasteiger partial charge is 0.339 e. The van der Waals surface area contributed by atoms with Crippen molar-refractivity contribution in [2.24, 2.45) is 0 Å². The van der Waals surface area contributed by atoms with E-state index < -0.39 is 5.54 Å². The van der Waals surface area contributed by atoms with Crippen LogP contribution in [-0.4, -0.2) is 54.9 Å². The van der Waals surface area contributed by atoms with Gasteiger partial charge in [-0.25, -0.2) is 0 Å². The van der Waals surface area contributed by atoms with Gasteiger partial charge in [0.2, 0.25) is 5.91 Å². The average molecular weight is 539 g/mol. The molecule has 2 aliphatic rings. The van der Waals surface area contributed by atoms with Crippen molar-refractivity contribution in [1.82, 2.24) is 15.2 Å². The second-order valence-corrected chi connectivity index (χ2v) is 10.5. The third-order valence-corrected chi connectivity index (χ3v) is 8.41. The van der Waals surface area contributed by atoms with Gasteiger partial charge in [-0.1, -0.05) is 63.2 Å². The molecule has 1 unspecified atom stereocenters. The van der Waals surface area contributed by atoms with Crippen LogP contribution in [0.5, 0.6) is 0 Å². The van der Waals surface area contributed by atoms with E-state index in [9.17, 15) is 9.18 Å².